The predicted molar refractivity (Wildman–Crippen MR) is 129 cm³/mol. The number of carbonyl (C=O) groups is 1. The number of halogens is 4. The summed E-state index contributed by atoms with van der Waals surface area (Å²) in [7, 11) is 0. The molecule has 30 heavy (non-hydrogen) atoms. The first-order valence-corrected chi connectivity index (χ1v) is 12.4. The molecule has 0 spiro atoms. The molecule has 0 aliphatic heterocycles. The smallest absolute Gasteiger partial charge is 0.259 e. The van der Waals surface area contributed by atoms with E-state index in [9.17, 15) is 4.79 Å². The number of aromatic nitrogens is 7. The highest BCUT2D eigenvalue weighted by Crippen LogP contribution is 2.16. The Morgan fingerprint density at radius 3 is 2.07 bits per heavy atom. The predicted octanol–water partition coefficient (Wildman–Crippen LogP) is 5.09. The molecule has 4 heterocycles. The van der Waals surface area contributed by atoms with Gasteiger partial charge in [-0.15, -0.1) is 0 Å². The van der Waals surface area contributed by atoms with E-state index in [-0.39, 0.29) is 5.91 Å². The van der Waals surface area contributed by atoms with Crippen molar-refractivity contribution in [1.29, 1.82) is 0 Å². The molecule has 0 bridgehead atoms. The third-order valence-electron chi connectivity index (χ3n) is 2.67. The first kappa shape index (κ1) is 25.1. The zero-order chi connectivity index (χ0) is 22.1. The maximum Gasteiger partial charge on any atom is 0.259 e. The number of hydrogen-bond acceptors (Lipinski definition) is 12. The van der Waals surface area contributed by atoms with Gasteiger partial charge in [0.25, 0.3) is 5.91 Å². The van der Waals surface area contributed by atoms with Gasteiger partial charge in [-0.3, -0.25) is 15.1 Å². The number of nitrogens with one attached hydrogen (secondary N) is 1. The topological polar surface area (TPSA) is 145 Å². The van der Waals surface area contributed by atoms with Crippen molar-refractivity contribution in [3.63, 3.8) is 0 Å². The number of amides is 1. The fourth-order valence-corrected chi connectivity index (χ4v) is 4.51. The number of aryl methyl sites for hydroxylation is 1. The monoisotopic (exact) mass is 675 g/mol. The fourth-order valence-electron chi connectivity index (χ4n) is 1.55. The van der Waals surface area contributed by atoms with E-state index in [1.807, 2.05) is 0 Å². The van der Waals surface area contributed by atoms with Gasteiger partial charge in [0.1, 0.15) is 0 Å². The van der Waals surface area contributed by atoms with Gasteiger partial charge in [0, 0.05) is 35.0 Å². The van der Waals surface area contributed by atoms with Crippen LogP contribution in [0.2, 0.25) is 4.47 Å². The summed E-state index contributed by atoms with van der Waals surface area (Å²) in [5.74, 6) is -0.228. The first-order valence-electron chi connectivity index (χ1n) is 7.36. The lowest BCUT2D eigenvalue weighted by molar-refractivity contribution is 0.102. The number of nitrogens with two attached hydrogens (primary N) is 1. The van der Waals surface area contributed by atoms with Crippen LogP contribution in [0, 0.1) is 6.92 Å². The van der Waals surface area contributed by atoms with Gasteiger partial charge in [0.15, 0.2) is 0 Å². The van der Waals surface area contributed by atoms with Crippen molar-refractivity contribution >= 4 is 110 Å². The molecule has 1 amide bonds. The van der Waals surface area contributed by atoms with Crippen LogP contribution in [0.15, 0.2) is 32.5 Å². The van der Waals surface area contributed by atoms with Crippen molar-refractivity contribution in [2.24, 2.45) is 0 Å². The Morgan fingerprint density at radius 2 is 1.67 bits per heavy atom. The second-order valence-electron chi connectivity index (χ2n) is 4.68. The third-order valence-corrected chi connectivity index (χ3v) is 6.41. The van der Waals surface area contributed by atoms with Crippen LogP contribution in [-0.4, -0.2) is 39.0 Å². The van der Waals surface area contributed by atoms with E-state index in [1.165, 1.54) is 11.5 Å². The van der Waals surface area contributed by atoms with Gasteiger partial charge in [-0.2, -0.15) is 28.1 Å². The van der Waals surface area contributed by atoms with Crippen molar-refractivity contribution in [2.45, 2.75) is 6.92 Å². The molecule has 4 rings (SSSR count). The van der Waals surface area contributed by atoms with E-state index < -0.39 is 0 Å². The summed E-state index contributed by atoms with van der Waals surface area (Å²) in [6.45, 7) is 1.78. The van der Waals surface area contributed by atoms with Gasteiger partial charge in [-0.05, 0) is 90.0 Å². The SMILES string of the molecule is Cc1ncccc1C(=O)Nc1nc(Br)ns1.Clc1nc(Br)ns1.Nc1nc(Br)ns1. The Hall–Kier alpha value is -1.17. The van der Waals surface area contributed by atoms with Crippen LogP contribution in [0.3, 0.4) is 0 Å². The number of nitrogens with zero attached hydrogens (tertiary/aromatic N) is 7. The highest BCUT2D eigenvalue weighted by molar-refractivity contribution is 9.10. The summed E-state index contributed by atoms with van der Waals surface area (Å²) >= 11 is 18.0. The van der Waals surface area contributed by atoms with Gasteiger partial charge in [-0.1, -0.05) is 0 Å². The lowest BCUT2D eigenvalue weighted by Crippen LogP contribution is -2.13. The van der Waals surface area contributed by atoms with Crippen LogP contribution < -0.4 is 11.1 Å². The van der Waals surface area contributed by atoms with Crippen molar-refractivity contribution in [1.82, 2.24) is 33.1 Å². The van der Waals surface area contributed by atoms with Crippen molar-refractivity contribution in [2.75, 3.05) is 11.1 Å². The quantitative estimate of drug-likeness (QED) is 0.296. The molecule has 158 valence electrons. The molecule has 0 aromatic carbocycles. The van der Waals surface area contributed by atoms with E-state index in [1.54, 1.807) is 25.3 Å². The Balaban J connectivity index is 0.000000188. The Morgan fingerprint density at radius 1 is 1.03 bits per heavy atom. The minimum Gasteiger partial charge on any atom is -0.374 e. The number of anilines is 2. The van der Waals surface area contributed by atoms with Crippen LogP contribution in [0.1, 0.15) is 16.1 Å². The summed E-state index contributed by atoms with van der Waals surface area (Å²) in [6.07, 6.45) is 1.65. The van der Waals surface area contributed by atoms with Crippen molar-refractivity contribution < 1.29 is 4.79 Å². The molecular weight excluding hydrogens is 670 g/mol. The van der Waals surface area contributed by atoms with Crippen LogP contribution >= 0.6 is 94.0 Å². The minimum atomic E-state index is -0.228. The summed E-state index contributed by atoms with van der Waals surface area (Å²) in [5.41, 5.74) is 6.41. The zero-order valence-corrected chi connectivity index (χ0v) is 22.5. The van der Waals surface area contributed by atoms with E-state index in [0.29, 0.717) is 40.2 Å². The standard InChI is InChI=1S/C9H7BrN4OS.C2BrClN2S.C2H2BrN3S/c1-5-6(3-2-4-11-5)7(15)12-9-13-8(10)14-16-9;2*3-1-5-2(4)7-6-1/h2-4H,1H3,(H,12,13,14,15);;(H2,4,5,6). The number of carbonyl (C=O) groups excluding carboxylic acids is 1. The van der Waals surface area contributed by atoms with E-state index >= 15 is 0 Å². The van der Waals surface area contributed by atoms with Crippen molar-refractivity contribution in [3.05, 3.63) is 48.3 Å². The van der Waals surface area contributed by atoms with E-state index in [2.05, 4.69) is 86.2 Å². The number of pyridine rings is 1. The Bertz CT molecular complexity index is 1030. The van der Waals surface area contributed by atoms with Crippen LogP contribution in [0.25, 0.3) is 0 Å². The fraction of sp³-hybridized carbons (Fsp3) is 0.0769. The van der Waals surface area contributed by atoms with Gasteiger partial charge < -0.3 is 5.73 Å². The summed E-state index contributed by atoms with van der Waals surface area (Å²) in [4.78, 5) is 27.3. The lowest BCUT2D eigenvalue weighted by Gasteiger charge is -2.02. The molecule has 0 atom stereocenters. The van der Waals surface area contributed by atoms with Crippen LogP contribution in [-0.2, 0) is 0 Å². The van der Waals surface area contributed by atoms with Gasteiger partial charge in [0.2, 0.25) is 28.9 Å². The normalized spacial score (nSPS) is 9.77. The average molecular weight is 679 g/mol. The molecule has 0 saturated heterocycles. The molecule has 17 heteroatoms. The first-order chi connectivity index (χ1) is 14.2. The number of nitrogen functional groups attached to an aromatic ring is 1. The highest BCUT2D eigenvalue weighted by Gasteiger charge is 2.11. The molecule has 0 saturated carbocycles. The second kappa shape index (κ2) is 12.6. The average Bonchev–Trinajstić information content (AvgIpc) is 3.39. The Labute approximate surface area is 212 Å². The number of rotatable bonds is 2. The second-order valence-corrected chi connectivity index (χ2v) is 9.67. The molecule has 3 N–H and O–H groups in total. The largest absolute Gasteiger partial charge is 0.374 e. The van der Waals surface area contributed by atoms with E-state index in [4.69, 9.17) is 17.3 Å². The lowest BCUT2D eigenvalue weighted by atomic mass is 10.2. The summed E-state index contributed by atoms with van der Waals surface area (Å²) in [6, 6.07) is 3.44. The minimum absolute atomic E-state index is 0.228. The van der Waals surface area contributed by atoms with E-state index in [0.717, 1.165) is 23.1 Å². The zero-order valence-electron chi connectivity index (χ0n) is 14.6. The van der Waals surface area contributed by atoms with Gasteiger partial charge in [0.05, 0.1) is 5.56 Å². The molecule has 0 aliphatic carbocycles. The highest BCUT2D eigenvalue weighted by atomic mass is 79.9. The van der Waals surface area contributed by atoms with Gasteiger partial charge >= 0.3 is 0 Å². The molecular formula is C13H9Br3ClN9OS3. The molecule has 10 nitrogen and oxygen atoms in total. The third kappa shape index (κ3) is 8.91. The summed E-state index contributed by atoms with van der Waals surface area (Å²) in [5, 5.41) is 3.61. The maximum atomic E-state index is 11.8. The molecule has 0 radical (unpaired) electrons. The Kier molecular flexibility index (Phi) is 10.6. The maximum absolute atomic E-state index is 11.8. The van der Waals surface area contributed by atoms with Crippen LogP contribution in [0.5, 0.6) is 0 Å². The molecule has 0 fully saturated rings. The number of hydrogen-bond donors (Lipinski definition) is 2. The summed E-state index contributed by atoms with van der Waals surface area (Å²) < 4.78 is 13.4. The van der Waals surface area contributed by atoms with Crippen molar-refractivity contribution in [3.8, 4) is 0 Å². The molecule has 4 aromatic heterocycles. The molecule has 0 aliphatic rings. The molecule has 4 aromatic rings. The van der Waals surface area contributed by atoms with Gasteiger partial charge in [-0.25, -0.2) is 0 Å². The van der Waals surface area contributed by atoms with Crippen LogP contribution in [0.4, 0.5) is 10.3 Å². The molecule has 0 unspecified atom stereocenters.